The maximum Gasteiger partial charge on any atom is 0.265 e. The van der Waals surface area contributed by atoms with Crippen molar-refractivity contribution in [1.29, 1.82) is 0 Å². The van der Waals surface area contributed by atoms with Crippen LogP contribution in [-0.4, -0.2) is 34.9 Å². The Hall–Kier alpha value is -1.21. The van der Waals surface area contributed by atoms with Crippen LogP contribution in [0.3, 0.4) is 0 Å². The topological polar surface area (TPSA) is 59.2 Å². The molecule has 2 aromatic rings. The van der Waals surface area contributed by atoms with Crippen molar-refractivity contribution < 1.29 is 9.18 Å². The predicted octanol–water partition coefficient (Wildman–Crippen LogP) is 3.75. The van der Waals surface area contributed by atoms with E-state index < -0.39 is 0 Å². The van der Waals surface area contributed by atoms with Crippen LogP contribution in [0.5, 0.6) is 0 Å². The SMILES string of the molecule is Cl.Cl.NCC1CCCCN1C(=O)c1cnc(-c2ccccc2F)s1. The van der Waals surface area contributed by atoms with Crippen molar-refractivity contribution >= 4 is 42.1 Å². The van der Waals surface area contributed by atoms with E-state index in [0.717, 1.165) is 25.8 Å². The van der Waals surface area contributed by atoms with Crippen LogP contribution in [0, 0.1) is 5.82 Å². The number of carbonyl (C=O) groups is 1. The van der Waals surface area contributed by atoms with Crippen LogP contribution in [0.15, 0.2) is 30.5 Å². The van der Waals surface area contributed by atoms with E-state index in [-0.39, 0.29) is 42.6 Å². The van der Waals surface area contributed by atoms with Crippen LogP contribution in [0.1, 0.15) is 28.9 Å². The van der Waals surface area contributed by atoms with Crippen LogP contribution in [0.2, 0.25) is 0 Å². The second-order valence-corrected chi connectivity index (χ2v) is 6.42. The summed E-state index contributed by atoms with van der Waals surface area (Å²) in [7, 11) is 0. The fourth-order valence-electron chi connectivity index (χ4n) is 2.79. The molecular formula is C16H20Cl2FN3OS. The molecule has 132 valence electrons. The molecule has 2 N–H and O–H groups in total. The molecule has 0 spiro atoms. The van der Waals surface area contributed by atoms with E-state index in [2.05, 4.69) is 4.98 Å². The number of hydrogen-bond acceptors (Lipinski definition) is 4. The maximum atomic E-state index is 13.8. The molecule has 24 heavy (non-hydrogen) atoms. The van der Waals surface area contributed by atoms with Gasteiger partial charge in [-0.25, -0.2) is 9.37 Å². The standard InChI is InChI=1S/C16H18FN3OS.2ClH/c17-13-7-2-1-6-12(13)15-19-10-14(22-15)16(21)20-8-4-3-5-11(20)9-18;;/h1-2,6-7,10-11H,3-5,8-9,18H2;2*1H. The lowest BCUT2D eigenvalue weighted by atomic mass is 10.0. The van der Waals surface area contributed by atoms with E-state index in [1.54, 1.807) is 18.2 Å². The number of halogens is 3. The van der Waals surface area contributed by atoms with Gasteiger partial charge < -0.3 is 10.6 Å². The minimum atomic E-state index is -0.325. The van der Waals surface area contributed by atoms with Crippen molar-refractivity contribution in [1.82, 2.24) is 9.88 Å². The highest BCUT2D eigenvalue weighted by Crippen LogP contribution is 2.29. The van der Waals surface area contributed by atoms with Crippen LogP contribution < -0.4 is 5.73 Å². The first-order valence-electron chi connectivity index (χ1n) is 7.42. The number of rotatable bonds is 3. The quantitative estimate of drug-likeness (QED) is 0.866. The van der Waals surface area contributed by atoms with E-state index in [9.17, 15) is 9.18 Å². The second kappa shape index (κ2) is 9.32. The molecule has 2 heterocycles. The third kappa shape index (κ3) is 4.25. The fourth-order valence-corrected chi connectivity index (χ4v) is 3.69. The molecule has 3 rings (SSSR count). The molecule has 1 atom stereocenters. The number of benzene rings is 1. The van der Waals surface area contributed by atoms with Crippen molar-refractivity contribution in [2.24, 2.45) is 5.73 Å². The Bertz CT molecular complexity index is 683. The maximum absolute atomic E-state index is 13.8. The summed E-state index contributed by atoms with van der Waals surface area (Å²) in [5, 5.41) is 0.530. The summed E-state index contributed by atoms with van der Waals surface area (Å²) in [6.07, 6.45) is 4.59. The minimum Gasteiger partial charge on any atom is -0.334 e. The first kappa shape index (κ1) is 20.8. The molecule has 0 bridgehead atoms. The highest BCUT2D eigenvalue weighted by molar-refractivity contribution is 7.16. The minimum absolute atomic E-state index is 0. The number of hydrogen-bond donors (Lipinski definition) is 1. The number of piperidine rings is 1. The Morgan fingerprint density at radius 1 is 1.33 bits per heavy atom. The van der Waals surface area contributed by atoms with E-state index in [4.69, 9.17) is 5.73 Å². The van der Waals surface area contributed by atoms with Crippen molar-refractivity contribution in [3.8, 4) is 10.6 Å². The Morgan fingerprint density at radius 3 is 2.79 bits per heavy atom. The average molecular weight is 392 g/mol. The molecule has 0 aliphatic carbocycles. The Kier molecular flexibility index (Phi) is 8.09. The summed E-state index contributed by atoms with van der Waals surface area (Å²) < 4.78 is 13.8. The van der Waals surface area contributed by atoms with Crippen molar-refractivity contribution in [2.45, 2.75) is 25.3 Å². The molecule has 0 saturated carbocycles. The normalized spacial score (nSPS) is 16.9. The van der Waals surface area contributed by atoms with Gasteiger partial charge in [0.05, 0.1) is 6.20 Å². The fraction of sp³-hybridized carbons (Fsp3) is 0.375. The zero-order valence-electron chi connectivity index (χ0n) is 13.0. The van der Waals surface area contributed by atoms with Gasteiger partial charge in [0.25, 0.3) is 5.91 Å². The van der Waals surface area contributed by atoms with Gasteiger partial charge in [0.2, 0.25) is 0 Å². The number of amides is 1. The predicted molar refractivity (Wildman–Crippen MR) is 99.7 cm³/mol. The van der Waals surface area contributed by atoms with E-state index in [0.29, 0.717) is 22.0 Å². The Morgan fingerprint density at radius 2 is 2.08 bits per heavy atom. The molecule has 1 amide bonds. The van der Waals surface area contributed by atoms with Gasteiger partial charge >= 0.3 is 0 Å². The molecule has 1 aliphatic rings. The summed E-state index contributed by atoms with van der Waals surface area (Å²) in [6, 6.07) is 6.56. The third-order valence-corrected chi connectivity index (χ3v) is 5.00. The lowest BCUT2D eigenvalue weighted by Gasteiger charge is -2.34. The molecule has 1 aliphatic heterocycles. The van der Waals surface area contributed by atoms with E-state index >= 15 is 0 Å². The first-order chi connectivity index (χ1) is 10.7. The smallest absolute Gasteiger partial charge is 0.265 e. The van der Waals surface area contributed by atoms with Crippen molar-refractivity contribution in [3.63, 3.8) is 0 Å². The molecular weight excluding hydrogens is 372 g/mol. The van der Waals surface area contributed by atoms with E-state index in [1.165, 1.54) is 23.6 Å². The van der Waals surface area contributed by atoms with Gasteiger partial charge in [0.15, 0.2) is 0 Å². The molecule has 8 heteroatoms. The molecule has 1 fully saturated rings. The number of nitrogens with zero attached hydrogens (tertiary/aromatic N) is 2. The average Bonchev–Trinajstić information content (AvgIpc) is 3.04. The summed E-state index contributed by atoms with van der Waals surface area (Å²) in [4.78, 5) is 19.2. The lowest BCUT2D eigenvalue weighted by Crippen LogP contribution is -2.47. The van der Waals surface area contributed by atoms with Gasteiger partial charge in [-0.15, -0.1) is 36.2 Å². The third-order valence-electron chi connectivity index (χ3n) is 3.98. The van der Waals surface area contributed by atoms with E-state index in [1.807, 2.05) is 4.90 Å². The molecule has 1 unspecified atom stereocenters. The van der Waals surface area contributed by atoms with Crippen molar-refractivity contribution in [2.75, 3.05) is 13.1 Å². The summed E-state index contributed by atoms with van der Waals surface area (Å²) in [5.74, 6) is -0.371. The molecule has 0 radical (unpaired) electrons. The van der Waals surface area contributed by atoms with Gasteiger partial charge in [-0.1, -0.05) is 12.1 Å². The number of aromatic nitrogens is 1. The van der Waals surface area contributed by atoms with Gasteiger partial charge in [0, 0.05) is 24.7 Å². The molecule has 1 aromatic carbocycles. The van der Waals surface area contributed by atoms with Crippen LogP contribution in [0.4, 0.5) is 4.39 Å². The van der Waals surface area contributed by atoms with Crippen LogP contribution in [-0.2, 0) is 0 Å². The monoisotopic (exact) mass is 391 g/mol. The molecule has 4 nitrogen and oxygen atoms in total. The molecule has 1 saturated heterocycles. The second-order valence-electron chi connectivity index (χ2n) is 5.39. The highest BCUT2D eigenvalue weighted by Gasteiger charge is 2.27. The Balaban J connectivity index is 0.00000144. The van der Waals surface area contributed by atoms with Gasteiger partial charge in [-0.3, -0.25) is 4.79 Å². The van der Waals surface area contributed by atoms with Crippen LogP contribution >= 0.6 is 36.2 Å². The first-order valence-corrected chi connectivity index (χ1v) is 8.24. The van der Waals surface area contributed by atoms with Crippen molar-refractivity contribution in [3.05, 3.63) is 41.2 Å². The number of carbonyl (C=O) groups excluding carboxylic acids is 1. The summed E-state index contributed by atoms with van der Waals surface area (Å²) in [5.41, 5.74) is 6.20. The van der Waals surface area contributed by atoms with Crippen LogP contribution in [0.25, 0.3) is 10.6 Å². The van der Waals surface area contributed by atoms with Gasteiger partial charge in [0.1, 0.15) is 15.7 Å². The largest absolute Gasteiger partial charge is 0.334 e. The van der Waals surface area contributed by atoms with Gasteiger partial charge in [-0.2, -0.15) is 0 Å². The number of thiazole rings is 1. The summed E-state index contributed by atoms with van der Waals surface area (Å²) >= 11 is 1.23. The van der Waals surface area contributed by atoms with Gasteiger partial charge in [-0.05, 0) is 31.4 Å². The summed E-state index contributed by atoms with van der Waals surface area (Å²) in [6.45, 7) is 1.21. The highest BCUT2D eigenvalue weighted by atomic mass is 35.5. The molecule has 1 aromatic heterocycles. The zero-order chi connectivity index (χ0) is 15.5. The number of nitrogens with two attached hydrogens (primary N) is 1. The number of likely N-dealkylation sites (tertiary alicyclic amines) is 1. The zero-order valence-corrected chi connectivity index (χ0v) is 15.4. The Labute approximate surface area is 157 Å². The lowest BCUT2D eigenvalue weighted by molar-refractivity contribution is 0.0628.